The molecule has 0 heterocycles. The van der Waals surface area contributed by atoms with Gasteiger partial charge in [-0.1, -0.05) is 12.8 Å². The van der Waals surface area contributed by atoms with Crippen molar-refractivity contribution in [3.63, 3.8) is 0 Å². The lowest BCUT2D eigenvalue weighted by Crippen LogP contribution is -2.45. The molecule has 1 N–H and O–H groups in total. The molecule has 108 valence electrons. The fraction of sp³-hybridized carbons (Fsp3) is 1.00. The second kappa shape index (κ2) is 7.46. The Morgan fingerprint density at radius 2 is 1.72 bits per heavy atom. The molecule has 1 aliphatic rings. The van der Waals surface area contributed by atoms with Gasteiger partial charge in [-0.05, 0) is 26.7 Å². The van der Waals surface area contributed by atoms with Gasteiger partial charge in [-0.15, -0.1) is 0 Å². The van der Waals surface area contributed by atoms with E-state index in [0.717, 1.165) is 23.6 Å². The maximum atomic E-state index is 3.59. The molecular formula is C15H34N3+. The lowest BCUT2D eigenvalue weighted by molar-refractivity contribution is -0.869. The van der Waals surface area contributed by atoms with Gasteiger partial charge in [-0.2, -0.15) is 0 Å². The summed E-state index contributed by atoms with van der Waals surface area (Å²) < 4.78 is 1.05. The van der Waals surface area contributed by atoms with Crippen LogP contribution in [0.3, 0.4) is 0 Å². The number of hydrogen-bond donors (Lipinski definition) is 1. The van der Waals surface area contributed by atoms with Crippen LogP contribution in [0.4, 0.5) is 0 Å². The van der Waals surface area contributed by atoms with E-state index in [0.29, 0.717) is 6.04 Å². The van der Waals surface area contributed by atoms with E-state index in [2.05, 4.69) is 45.2 Å². The second-order valence-electron chi connectivity index (χ2n) is 7.03. The van der Waals surface area contributed by atoms with E-state index >= 15 is 0 Å². The van der Waals surface area contributed by atoms with Crippen molar-refractivity contribution in [2.75, 3.05) is 47.3 Å². The van der Waals surface area contributed by atoms with E-state index in [9.17, 15) is 0 Å². The molecule has 1 rings (SSSR count). The van der Waals surface area contributed by atoms with Crippen LogP contribution in [0.25, 0.3) is 0 Å². The van der Waals surface area contributed by atoms with Crippen molar-refractivity contribution in [1.29, 1.82) is 0 Å². The molecule has 0 aromatic heterocycles. The Morgan fingerprint density at radius 1 is 1.11 bits per heavy atom. The van der Waals surface area contributed by atoms with Crippen molar-refractivity contribution in [2.45, 2.75) is 51.6 Å². The molecule has 0 aromatic carbocycles. The van der Waals surface area contributed by atoms with Crippen LogP contribution in [-0.2, 0) is 0 Å². The highest BCUT2D eigenvalue weighted by molar-refractivity contribution is 4.80. The van der Waals surface area contributed by atoms with E-state index < -0.39 is 0 Å². The summed E-state index contributed by atoms with van der Waals surface area (Å²) in [6, 6.07) is 1.54. The molecule has 0 aromatic rings. The predicted octanol–water partition coefficient (Wildman–Crippen LogP) is 1.94. The van der Waals surface area contributed by atoms with E-state index in [1.165, 1.54) is 38.8 Å². The molecule has 0 saturated heterocycles. The normalized spacial score (nSPS) is 18.2. The van der Waals surface area contributed by atoms with E-state index in [-0.39, 0.29) is 0 Å². The van der Waals surface area contributed by atoms with Crippen LogP contribution < -0.4 is 5.32 Å². The molecular weight excluding hydrogens is 222 g/mol. The summed E-state index contributed by atoms with van der Waals surface area (Å²) in [7, 11) is 6.75. The molecule has 0 amide bonds. The molecule has 0 spiro atoms. The number of quaternary nitrogens is 1. The quantitative estimate of drug-likeness (QED) is 0.527. The standard InChI is InChI=1S/C15H34N3/c1-14(2)17(15-8-6-7-9-15)12-10-16-11-13-18(3,4)5/h14-16H,6-13H2,1-5H3/q+1. The van der Waals surface area contributed by atoms with Crippen LogP contribution >= 0.6 is 0 Å². The largest absolute Gasteiger partial charge is 0.330 e. The zero-order valence-electron chi connectivity index (χ0n) is 13.2. The average Bonchev–Trinajstić information content (AvgIpc) is 2.74. The third-order valence-corrected chi connectivity index (χ3v) is 3.96. The maximum absolute atomic E-state index is 3.59. The summed E-state index contributed by atoms with van der Waals surface area (Å²) in [5.74, 6) is 0. The average molecular weight is 256 g/mol. The van der Waals surface area contributed by atoms with Gasteiger partial charge in [0.2, 0.25) is 0 Å². The number of rotatable bonds is 8. The lowest BCUT2D eigenvalue weighted by Gasteiger charge is -2.32. The van der Waals surface area contributed by atoms with Crippen molar-refractivity contribution >= 4 is 0 Å². The van der Waals surface area contributed by atoms with Gasteiger partial charge in [-0.25, -0.2) is 0 Å². The first-order chi connectivity index (χ1) is 8.40. The lowest BCUT2D eigenvalue weighted by atomic mass is 10.1. The number of nitrogens with zero attached hydrogens (tertiary/aromatic N) is 2. The highest BCUT2D eigenvalue weighted by Gasteiger charge is 2.23. The predicted molar refractivity (Wildman–Crippen MR) is 79.9 cm³/mol. The molecule has 0 radical (unpaired) electrons. The molecule has 1 aliphatic carbocycles. The molecule has 3 heteroatoms. The summed E-state index contributed by atoms with van der Waals surface area (Å²) in [5.41, 5.74) is 0. The van der Waals surface area contributed by atoms with Crippen LogP contribution in [0.5, 0.6) is 0 Å². The first kappa shape index (κ1) is 15.9. The maximum Gasteiger partial charge on any atom is 0.0907 e. The first-order valence-corrected chi connectivity index (χ1v) is 7.67. The van der Waals surface area contributed by atoms with Gasteiger partial charge in [0, 0.05) is 31.7 Å². The van der Waals surface area contributed by atoms with Crippen molar-refractivity contribution in [2.24, 2.45) is 0 Å². The summed E-state index contributed by atoms with van der Waals surface area (Å²) in [6.07, 6.45) is 5.69. The van der Waals surface area contributed by atoms with E-state index in [1.54, 1.807) is 0 Å². The number of hydrogen-bond acceptors (Lipinski definition) is 2. The van der Waals surface area contributed by atoms with Crippen LogP contribution in [0.15, 0.2) is 0 Å². The summed E-state index contributed by atoms with van der Waals surface area (Å²) >= 11 is 0. The Balaban J connectivity index is 2.18. The van der Waals surface area contributed by atoms with Gasteiger partial charge in [0.15, 0.2) is 0 Å². The molecule has 18 heavy (non-hydrogen) atoms. The number of likely N-dealkylation sites (N-methyl/N-ethyl adjacent to an activating group) is 1. The SMILES string of the molecule is CC(C)N(CCNCC[N+](C)(C)C)C1CCCC1. The van der Waals surface area contributed by atoms with E-state index in [1.807, 2.05) is 0 Å². The van der Waals surface area contributed by atoms with Gasteiger partial charge in [-0.3, -0.25) is 4.90 Å². The minimum Gasteiger partial charge on any atom is -0.330 e. The highest BCUT2D eigenvalue weighted by atomic mass is 15.3. The fourth-order valence-electron chi connectivity index (χ4n) is 2.85. The van der Waals surface area contributed by atoms with Crippen molar-refractivity contribution in [3.05, 3.63) is 0 Å². The van der Waals surface area contributed by atoms with Crippen LogP contribution in [0, 0.1) is 0 Å². The Bertz CT molecular complexity index is 214. The zero-order chi connectivity index (χ0) is 13.6. The van der Waals surface area contributed by atoms with Crippen molar-refractivity contribution < 1.29 is 4.48 Å². The Hall–Kier alpha value is -0.120. The van der Waals surface area contributed by atoms with Crippen molar-refractivity contribution in [3.8, 4) is 0 Å². The van der Waals surface area contributed by atoms with Crippen LogP contribution in [0.2, 0.25) is 0 Å². The highest BCUT2D eigenvalue weighted by Crippen LogP contribution is 2.24. The van der Waals surface area contributed by atoms with Gasteiger partial charge < -0.3 is 9.80 Å². The molecule has 3 nitrogen and oxygen atoms in total. The van der Waals surface area contributed by atoms with Crippen LogP contribution in [-0.4, -0.2) is 68.8 Å². The second-order valence-corrected chi connectivity index (χ2v) is 7.03. The monoisotopic (exact) mass is 256 g/mol. The third-order valence-electron chi connectivity index (χ3n) is 3.96. The molecule has 0 unspecified atom stereocenters. The van der Waals surface area contributed by atoms with E-state index in [4.69, 9.17) is 0 Å². The molecule has 1 fully saturated rings. The van der Waals surface area contributed by atoms with Crippen LogP contribution in [0.1, 0.15) is 39.5 Å². The van der Waals surface area contributed by atoms with Gasteiger partial charge in [0.25, 0.3) is 0 Å². The summed E-state index contributed by atoms with van der Waals surface area (Å²) in [4.78, 5) is 2.70. The van der Waals surface area contributed by atoms with Gasteiger partial charge in [0.05, 0.1) is 27.7 Å². The molecule has 0 atom stereocenters. The number of nitrogens with one attached hydrogen (secondary N) is 1. The molecule has 0 bridgehead atoms. The summed E-state index contributed by atoms with van der Waals surface area (Å²) in [5, 5.41) is 3.59. The minimum absolute atomic E-state index is 0.688. The zero-order valence-corrected chi connectivity index (χ0v) is 13.2. The van der Waals surface area contributed by atoms with Gasteiger partial charge in [0.1, 0.15) is 0 Å². The molecule has 0 aliphatic heterocycles. The Labute approximate surface area is 114 Å². The Kier molecular flexibility index (Phi) is 6.61. The topological polar surface area (TPSA) is 15.3 Å². The van der Waals surface area contributed by atoms with Gasteiger partial charge >= 0.3 is 0 Å². The third kappa shape index (κ3) is 6.17. The first-order valence-electron chi connectivity index (χ1n) is 7.67. The fourth-order valence-corrected chi connectivity index (χ4v) is 2.85. The Morgan fingerprint density at radius 3 is 2.22 bits per heavy atom. The summed E-state index contributed by atoms with van der Waals surface area (Å²) in [6.45, 7) is 9.34. The van der Waals surface area contributed by atoms with Crippen molar-refractivity contribution in [1.82, 2.24) is 10.2 Å². The molecule has 1 saturated carbocycles. The smallest absolute Gasteiger partial charge is 0.0907 e. The minimum atomic E-state index is 0.688.